The van der Waals surface area contributed by atoms with Crippen LogP contribution in [0.3, 0.4) is 0 Å². The summed E-state index contributed by atoms with van der Waals surface area (Å²) in [5.41, 5.74) is -15.8. The lowest BCUT2D eigenvalue weighted by Crippen LogP contribution is -2.42. The SMILES string of the molecule is CC(C)([O])c1c(C(F)(F)C(F)(F)F)cc(C(F)(F)C(F)(F)F)cc1C(F)(F)C(F)(F)F. The van der Waals surface area contributed by atoms with Gasteiger partial charge in [-0.2, -0.15) is 65.9 Å². The molecule has 0 aliphatic carbocycles. The fraction of sp³-hybridized carbons (Fsp3) is 0.600. The van der Waals surface area contributed by atoms with Gasteiger partial charge in [0.2, 0.25) is 0 Å². The van der Waals surface area contributed by atoms with E-state index >= 15 is 0 Å². The molecular formula is C15H8F15O. The quantitative estimate of drug-likeness (QED) is 0.396. The van der Waals surface area contributed by atoms with E-state index in [-0.39, 0.29) is 13.8 Å². The van der Waals surface area contributed by atoms with Gasteiger partial charge in [0.05, 0.1) is 0 Å². The van der Waals surface area contributed by atoms with E-state index in [4.69, 9.17) is 0 Å². The molecular weight excluding hydrogens is 481 g/mol. The molecule has 0 spiro atoms. The van der Waals surface area contributed by atoms with Gasteiger partial charge in [-0.1, -0.05) is 0 Å². The van der Waals surface area contributed by atoms with E-state index in [1.807, 2.05) is 0 Å². The lowest BCUT2D eigenvalue weighted by molar-refractivity contribution is -0.296. The van der Waals surface area contributed by atoms with Crippen LogP contribution in [0.15, 0.2) is 12.1 Å². The van der Waals surface area contributed by atoms with E-state index in [0.717, 1.165) is 0 Å². The van der Waals surface area contributed by atoms with Gasteiger partial charge >= 0.3 is 36.3 Å². The predicted molar refractivity (Wildman–Crippen MR) is 70.0 cm³/mol. The first-order valence-corrected chi connectivity index (χ1v) is 7.44. The second kappa shape index (κ2) is 7.07. The zero-order valence-corrected chi connectivity index (χ0v) is 14.7. The Hall–Kier alpha value is -1.87. The van der Waals surface area contributed by atoms with Gasteiger partial charge in [0, 0.05) is 22.3 Å². The Kier molecular flexibility index (Phi) is 6.19. The van der Waals surface area contributed by atoms with Crippen LogP contribution in [0.2, 0.25) is 0 Å². The van der Waals surface area contributed by atoms with Crippen molar-refractivity contribution in [3.8, 4) is 0 Å². The molecule has 0 bridgehead atoms. The van der Waals surface area contributed by atoms with Crippen molar-refractivity contribution < 1.29 is 71.0 Å². The van der Waals surface area contributed by atoms with Gasteiger partial charge in [-0.15, -0.1) is 0 Å². The maximum Gasteiger partial charge on any atom is 0.458 e. The predicted octanol–water partition coefficient (Wildman–Crippen LogP) is 7.31. The van der Waals surface area contributed by atoms with E-state index in [1.54, 1.807) is 0 Å². The fourth-order valence-corrected chi connectivity index (χ4v) is 2.44. The summed E-state index contributed by atoms with van der Waals surface area (Å²) in [4.78, 5) is 0. The van der Waals surface area contributed by atoms with Crippen LogP contribution in [0.1, 0.15) is 36.1 Å². The number of rotatable bonds is 4. The van der Waals surface area contributed by atoms with Crippen LogP contribution in [-0.4, -0.2) is 18.5 Å². The molecule has 0 amide bonds. The van der Waals surface area contributed by atoms with Crippen LogP contribution in [0.4, 0.5) is 65.9 Å². The summed E-state index contributed by atoms with van der Waals surface area (Å²) in [6.45, 7) is 0.0750. The van der Waals surface area contributed by atoms with Crippen molar-refractivity contribution in [2.24, 2.45) is 0 Å². The van der Waals surface area contributed by atoms with Gasteiger partial charge in [-0.05, 0) is 26.0 Å². The fourth-order valence-electron chi connectivity index (χ4n) is 2.44. The Morgan fingerprint density at radius 3 is 0.968 bits per heavy atom. The van der Waals surface area contributed by atoms with Crippen molar-refractivity contribution in [2.45, 2.75) is 55.7 Å². The van der Waals surface area contributed by atoms with Gasteiger partial charge in [0.1, 0.15) is 5.60 Å². The highest BCUT2D eigenvalue weighted by Crippen LogP contribution is 2.55. The molecule has 0 fully saturated rings. The third-order valence-electron chi connectivity index (χ3n) is 3.85. The van der Waals surface area contributed by atoms with E-state index in [0.29, 0.717) is 0 Å². The number of benzene rings is 1. The number of alkyl halides is 15. The van der Waals surface area contributed by atoms with Crippen LogP contribution >= 0.6 is 0 Å². The Balaban J connectivity index is 4.37. The van der Waals surface area contributed by atoms with Gasteiger partial charge in [0.25, 0.3) is 0 Å². The summed E-state index contributed by atoms with van der Waals surface area (Å²) in [5.74, 6) is -19.6. The second-order valence-electron chi connectivity index (χ2n) is 6.67. The summed E-state index contributed by atoms with van der Waals surface area (Å²) in [5, 5.41) is 12.0. The van der Waals surface area contributed by atoms with Crippen molar-refractivity contribution in [3.05, 3.63) is 34.4 Å². The third kappa shape index (κ3) is 4.53. The van der Waals surface area contributed by atoms with Gasteiger partial charge < -0.3 is 0 Å². The molecule has 1 rings (SSSR count). The largest absolute Gasteiger partial charge is 0.458 e. The molecule has 0 aromatic heterocycles. The molecule has 31 heavy (non-hydrogen) atoms. The van der Waals surface area contributed by atoms with Gasteiger partial charge in [-0.3, -0.25) is 0 Å². The summed E-state index contributed by atoms with van der Waals surface area (Å²) in [6, 6.07) is -2.52. The molecule has 0 unspecified atom stereocenters. The summed E-state index contributed by atoms with van der Waals surface area (Å²) in [6.07, 6.45) is -20.5. The highest BCUT2D eigenvalue weighted by Gasteiger charge is 2.66. The monoisotopic (exact) mass is 489 g/mol. The van der Waals surface area contributed by atoms with Crippen molar-refractivity contribution in [3.63, 3.8) is 0 Å². The molecule has 179 valence electrons. The number of hydrogen-bond acceptors (Lipinski definition) is 0. The van der Waals surface area contributed by atoms with E-state index in [9.17, 15) is 71.0 Å². The minimum absolute atomic E-state index is 0.0375. The Morgan fingerprint density at radius 2 is 0.774 bits per heavy atom. The third-order valence-corrected chi connectivity index (χ3v) is 3.85. The normalized spacial score (nSPS) is 15.4. The van der Waals surface area contributed by atoms with Gasteiger partial charge in [-0.25, -0.2) is 5.11 Å². The maximum atomic E-state index is 13.9. The van der Waals surface area contributed by atoms with E-state index in [1.165, 1.54) is 0 Å². The molecule has 0 heterocycles. The molecule has 16 heteroatoms. The molecule has 0 saturated heterocycles. The zero-order chi connectivity index (χ0) is 25.2. The molecule has 0 aliphatic heterocycles. The lowest BCUT2D eigenvalue weighted by atomic mass is 9.81. The first-order valence-electron chi connectivity index (χ1n) is 7.44. The Bertz CT molecular complexity index is 774. The highest BCUT2D eigenvalue weighted by molar-refractivity contribution is 5.49. The van der Waals surface area contributed by atoms with Crippen LogP contribution in [0.5, 0.6) is 0 Å². The first kappa shape index (κ1) is 27.2. The molecule has 1 aromatic rings. The lowest BCUT2D eigenvalue weighted by Gasteiger charge is -2.33. The van der Waals surface area contributed by atoms with E-state index < -0.39 is 76.3 Å². The summed E-state index contributed by atoms with van der Waals surface area (Å²) < 4.78 is 197. The van der Waals surface area contributed by atoms with Crippen molar-refractivity contribution in [1.29, 1.82) is 0 Å². The smallest absolute Gasteiger partial charge is 0.225 e. The standard InChI is InChI=1S/C15H8F15O/c1-9(2,31)8-6(11(18,19)14(25,26)27)3-5(10(16,17)13(22,23)24)4-7(8)12(20,21)15(28,29)30/h3-4H,1-2H3. The Labute approximate surface area is 162 Å². The minimum Gasteiger partial charge on any atom is -0.225 e. The zero-order valence-electron chi connectivity index (χ0n) is 14.7. The van der Waals surface area contributed by atoms with Crippen molar-refractivity contribution >= 4 is 0 Å². The molecule has 1 radical (unpaired) electrons. The minimum atomic E-state index is -6.87. The molecule has 0 N–H and O–H groups in total. The molecule has 1 nitrogen and oxygen atoms in total. The summed E-state index contributed by atoms with van der Waals surface area (Å²) >= 11 is 0. The average molecular weight is 489 g/mol. The van der Waals surface area contributed by atoms with Crippen molar-refractivity contribution in [2.75, 3.05) is 0 Å². The molecule has 0 atom stereocenters. The summed E-state index contributed by atoms with van der Waals surface area (Å²) in [7, 11) is 0. The molecule has 1 aromatic carbocycles. The topological polar surface area (TPSA) is 19.9 Å². The highest BCUT2D eigenvalue weighted by atomic mass is 19.4. The van der Waals surface area contributed by atoms with Crippen LogP contribution in [-0.2, 0) is 28.5 Å². The number of halogens is 15. The Morgan fingerprint density at radius 1 is 0.516 bits per heavy atom. The van der Waals surface area contributed by atoms with Gasteiger partial charge in [0.15, 0.2) is 0 Å². The van der Waals surface area contributed by atoms with Crippen LogP contribution in [0, 0.1) is 0 Å². The van der Waals surface area contributed by atoms with Crippen LogP contribution in [0.25, 0.3) is 0 Å². The average Bonchev–Trinajstić information content (AvgIpc) is 2.49. The molecule has 0 saturated carbocycles. The van der Waals surface area contributed by atoms with E-state index in [2.05, 4.69) is 0 Å². The second-order valence-corrected chi connectivity index (χ2v) is 6.67. The van der Waals surface area contributed by atoms with Crippen LogP contribution < -0.4 is 0 Å². The maximum absolute atomic E-state index is 13.9. The molecule has 0 aliphatic rings. The first-order chi connectivity index (χ1) is 13.2. The van der Waals surface area contributed by atoms with Crippen molar-refractivity contribution in [1.82, 2.24) is 0 Å². The number of hydrogen-bond donors (Lipinski definition) is 0.